The molecule has 3 aromatic carbocycles. The van der Waals surface area contributed by atoms with Crippen LogP contribution in [0.5, 0.6) is 17.2 Å². The van der Waals surface area contributed by atoms with E-state index in [4.69, 9.17) is 25.8 Å². The quantitative estimate of drug-likeness (QED) is 0.224. The first-order valence-electron chi connectivity index (χ1n) is 11.9. The standard InChI is InChI=1S/C28H23BrClFN2O6/c1-3-37-19-8-9-24(38-4-2)23(14-19)33-27(35)20(26(34)32-28(33)36)11-17-12-21(29)25(22(30)13-17)39-15-16-6-5-7-18(31)10-16/h5-14H,3-4,15H2,1-2H3,(H,32,34,36)/b20-11+. The summed E-state index contributed by atoms with van der Waals surface area (Å²) >= 11 is 9.83. The SMILES string of the molecule is CCOc1ccc(OCC)c(N2C(=O)NC(=O)/C(=C\c3cc(Cl)c(OCc4cccc(F)c4)c(Br)c3)C2=O)c1. The van der Waals surface area contributed by atoms with Gasteiger partial charge in [0.1, 0.15) is 29.5 Å². The molecular weight excluding hydrogens is 595 g/mol. The highest BCUT2D eigenvalue weighted by Gasteiger charge is 2.38. The van der Waals surface area contributed by atoms with Crippen molar-refractivity contribution in [2.45, 2.75) is 20.5 Å². The summed E-state index contributed by atoms with van der Waals surface area (Å²) in [6.45, 7) is 4.29. The summed E-state index contributed by atoms with van der Waals surface area (Å²) in [7, 11) is 0. The van der Waals surface area contributed by atoms with Crippen LogP contribution in [-0.2, 0) is 16.2 Å². The number of urea groups is 1. The van der Waals surface area contributed by atoms with Crippen LogP contribution >= 0.6 is 27.5 Å². The first-order valence-corrected chi connectivity index (χ1v) is 13.1. The Bertz CT molecular complexity index is 1460. The lowest BCUT2D eigenvalue weighted by Gasteiger charge is -2.28. The van der Waals surface area contributed by atoms with E-state index < -0.39 is 17.8 Å². The number of hydrogen-bond donors (Lipinski definition) is 1. The topological polar surface area (TPSA) is 94.2 Å². The maximum atomic E-state index is 13.5. The number of imide groups is 2. The molecule has 1 N–H and O–H groups in total. The zero-order valence-electron chi connectivity index (χ0n) is 20.9. The van der Waals surface area contributed by atoms with Crippen LogP contribution < -0.4 is 24.4 Å². The van der Waals surface area contributed by atoms with Crippen molar-refractivity contribution in [2.24, 2.45) is 0 Å². The molecule has 4 rings (SSSR count). The van der Waals surface area contributed by atoms with E-state index in [0.29, 0.717) is 33.7 Å². The number of rotatable bonds is 9. The van der Waals surface area contributed by atoms with Crippen molar-refractivity contribution < 1.29 is 33.0 Å². The van der Waals surface area contributed by atoms with Crippen molar-refractivity contribution in [3.8, 4) is 17.2 Å². The number of anilines is 1. The van der Waals surface area contributed by atoms with Gasteiger partial charge in [-0.2, -0.15) is 0 Å². The highest BCUT2D eigenvalue weighted by Crippen LogP contribution is 2.37. The summed E-state index contributed by atoms with van der Waals surface area (Å²) in [5.74, 6) is -1.11. The number of benzene rings is 3. The van der Waals surface area contributed by atoms with Gasteiger partial charge < -0.3 is 14.2 Å². The Morgan fingerprint density at radius 3 is 2.46 bits per heavy atom. The summed E-state index contributed by atoms with van der Waals surface area (Å²) in [4.78, 5) is 39.8. The van der Waals surface area contributed by atoms with Crippen LogP contribution in [0.1, 0.15) is 25.0 Å². The van der Waals surface area contributed by atoms with Crippen molar-refractivity contribution >= 4 is 57.1 Å². The molecule has 1 saturated heterocycles. The van der Waals surface area contributed by atoms with Gasteiger partial charge in [0, 0.05) is 6.07 Å². The third-order valence-corrected chi connectivity index (χ3v) is 6.36. The minimum atomic E-state index is -0.919. The number of nitrogens with zero attached hydrogens (tertiary/aromatic N) is 1. The fourth-order valence-corrected chi connectivity index (χ4v) is 4.82. The van der Waals surface area contributed by atoms with E-state index in [1.807, 2.05) is 0 Å². The summed E-state index contributed by atoms with van der Waals surface area (Å²) in [6.07, 6.45) is 1.32. The normalized spacial score (nSPS) is 14.4. The maximum absolute atomic E-state index is 13.5. The molecule has 1 aliphatic rings. The summed E-state index contributed by atoms with van der Waals surface area (Å²) in [5.41, 5.74) is 0.836. The minimum absolute atomic E-state index is 0.0669. The van der Waals surface area contributed by atoms with Gasteiger partial charge in [-0.1, -0.05) is 23.7 Å². The summed E-state index contributed by atoms with van der Waals surface area (Å²) < 4.78 is 30.8. The lowest BCUT2D eigenvalue weighted by molar-refractivity contribution is -0.122. The molecule has 0 aromatic heterocycles. The molecule has 202 valence electrons. The van der Waals surface area contributed by atoms with Crippen molar-refractivity contribution in [3.05, 3.63) is 86.6 Å². The first-order chi connectivity index (χ1) is 18.7. The molecule has 0 spiro atoms. The molecular formula is C28H23BrClFN2O6. The highest BCUT2D eigenvalue weighted by molar-refractivity contribution is 9.10. The van der Waals surface area contributed by atoms with Crippen LogP contribution in [0.25, 0.3) is 6.08 Å². The molecule has 1 fully saturated rings. The first kappa shape index (κ1) is 28.1. The third kappa shape index (κ3) is 6.40. The van der Waals surface area contributed by atoms with Crippen LogP contribution in [0.3, 0.4) is 0 Å². The Morgan fingerprint density at radius 1 is 1.00 bits per heavy atom. The van der Waals surface area contributed by atoms with Crippen molar-refractivity contribution in [2.75, 3.05) is 18.1 Å². The van der Waals surface area contributed by atoms with Crippen molar-refractivity contribution in [1.29, 1.82) is 0 Å². The molecule has 0 bridgehead atoms. The van der Waals surface area contributed by atoms with Crippen LogP contribution in [0.4, 0.5) is 14.9 Å². The third-order valence-electron chi connectivity index (χ3n) is 5.49. The molecule has 4 amide bonds. The van der Waals surface area contributed by atoms with E-state index in [1.54, 1.807) is 44.2 Å². The molecule has 3 aromatic rings. The highest BCUT2D eigenvalue weighted by atomic mass is 79.9. The molecule has 0 atom stereocenters. The van der Waals surface area contributed by atoms with Gasteiger partial charge in [0.2, 0.25) is 0 Å². The lowest BCUT2D eigenvalue weighted by atomic mass is 10.1. The fraction of sp³-hybridized carbons (Fsp3) is 0.179. The molecule has 0 radical (unpaired) electrons. The smallest absolute Gasteiger partial charge is 0.336 e. The number of carbonyl (C=O) groups excluding carboxylic acids is 3. The van der Waals surface area contributed by atoms with Gasteiger partial charge in [0.25, 0.3) is 11.8 Å². The molecule has 8 nitrogen and oxygen atoms in total. The van der Waals surface area contributed by atoms with Crippen molar-refractivity contribution in [3.63, 3.8) is 0 Å². The van der Waals surface area contributed by atoms with Gasteiger partial charge in [-0.25, -0.2) is 14.1 Å². The summed E-state index contributed by atoms with van der Waals surface area (Å²) in [6, 6.07) is 12.9. The Morgan fingerprint density at radius 2 is 1.77 bits per heavy atom. The summed E-state index contributed by atoms with van der Waals surface area (Å²) in [5, 5.41) is 2.38. The second-order valence-corrected chi connectivity index (χ2v) is 9.45. The second-order valence-electron chi connectivity index (χ2n) is 8.19. The number of hydrogen-bond acceptors (Lipinski definition) is 6. The van der Waals surface area contributed by atoms with Gasteiger partial charge in [0.05, 0.1) is 28.4 Å². The predicted octanol–water partition coefficient (Wildman–Crippen LogP) is 6.28. The van der Waals surface area contributed by atoms with Crippen LogP contribution in [0.2, 0.25) is 5.02 Å². The number of halogens is 3. The predicted molar refractivity (Wildman–Crippen MR) is 148 cm³/mol. The van der Waals surface area contributed by atoms with Gasteiger partial charge >= 0.3 is 6.03 Å². The maximum Gasteiger partial charge on any atom is 0.336 e. The van der Waals surface area contributed by atoms with Crippen LogP contribution in [-0.4, -0.2) is 31.1 Å². The molecule has 1 heterocycles. The van der Waals surface area contributed by atoms with E-state index in [9.17, 15) is 18.8 Å². The Kier molecular flexibility index (Phi) is 8.88. The Labute approximate surface area is 237 Å². The van der Waals surface area contributed by atoms with Gasteiger partial charge in [-0.15, -0.1) is 0 Å². The average Bonchev–Trinajstić information content (AvgIpc) is 2.88. The average molecular weight is 618 g/mol. The number of amides is 4. The minimum Gasteiger partial charge on any atom is -0.494 e. The Balaban J connectivity index is 1.65. The van der Waals surface area contributed by atoms with E-state index >= 15 is 0 Å². The van der Waals surface area contributed by atoms with Gasteiger partial charge in [-0.05, 0) is 83.4 Å². The zero-order chi connectivity index (χ0) is 28.1. The van der Waals surface area contributed by atoms with Gasteiger partial charge in [-0.3, -0.25) is 14.9 Å². The molecule has 0 aliphatic carbocycles. The fourth-order valence-electron chi connectivity index (χ4n) is 3.83. The second kappa shape index (κ2) is 12.3. The van der Waals surface area contributed by atoms with Crippen molar-refractivity contribution in [1.82, 2.24) is 5.32 Å². The van der Waals surface area contributed by atoms with E-state index in [0.717, 1.165) is 4.90 Å². The molecule has 39 heavy (non-hydrogen) atoms. The number of barbiturate groups is 1. The van der Waals surface area contributed by atoms with E-state index in [-0.39, 0.29) is 41.1 Å². The van der Waals surface area contributed by atoms with E-state index in [1.165, 1.54) is 30.3 Å². The number of nitrogens with one attached hydrogen (secondary N) is 1. The molecule has 0 unspecified atom stereocenters. The number of carbonyl (C=O) groups is 3. The largest absolute Gasteiger partial charge is 0.494 e. The van der Waals surface area contributed by atoms with E-state index in [2.05, 4.69) is 21.2 Å². The zero-order valence-corrected chi connectivity index (χ0v) is 23.3. The van der Waals surface area contributed by atoms with Crippen LogP contribution in [0, 0.1) is 5.82 Å². The molecule has 1 aliphatic heterocycles. The monoisotopic (exact) mass is 616 g/mol. The molecule has 0 saturated carbocycles. The Hall–Kier alpha value is -3.89. The van der Waals surface area contributed by atoms with Crippen LogP contribution in [0.15, 0.2) is 64.6 Å². The molecule has 11 heteroatoms. The number of ether oxygens (including phenoxy) is 3. The van der Waals surface area contributed by atoms with Gasteiger partial charge in [0.15, 0.2) is 5.75 Å². The lowest BCUT2D eigenvalue weighted by Crippen LogP contribution is -2.54.